The molecule has 0 saturated carbocycles. The number of anilines is 1. The highest BCUT2D eigenvalue weighted by molar-refractivity contribution is 7.14. The summed E-state index contributed by atoms with van der Waals surface area (Å²) in [6.45, 7) is 0.469. The molecule has 1 aliphatic heterocycles. The minimum Gasteiger partial charge on any atom is -0.392 e. The van der Waals surface area contributed by atoms with E-state index in [1.165, 1.54) is 35.3 Å². The van der Waals surface area contributed by atoms with Gasteiger partial charge < -0.3 is 15.7 Å². The predicted octanol–water partition coefficient (Wildman–Crippen LogP) is 1.96. The zero-order valence-corrected chi connectivity index (χ0v) is 13.5. The van der Waals surface area contributed by atoms with Crippen LogP contribution in [0.3, 0.4) is 0 Å². The van der Waals surface area contributed by atoms with Crippen molar-refractivity contribution in [3.05, 3.63) is 34.7 Å². The van der Waals surface area contributed by atoms with Crippen molar-refractivity contribution in [1.29, 1.82) is 0 Å². The van der Waals surface area contributed by atoms with Gasteiger partial charge in [-0.1, -0.05) is 12.1 Å². The van der Waals surface area contributed by atoms with Gasteiger partial charge in [0.1, 0.15) is 0 Å². The van der Waals surface area contributed by atoms with Gasteiger partial charge in [-0.3, -0.25) is 4.79 Å². The molecular weight excluding hydrogens is 310 g/mol. The van der Waals surface area contributed by atoms with E-state index in [0.29, 0.717) is 18.1 Å². The second kappa shape index (κ2) is 6.03. The summed E-state index contributed by atoms with van der Waals surface area (Å²) >= 11 is 1.43. The van der Waals surface area contributed by atoms with Crippen molar-refractivity contribution >= 4 is 22.4 Å². The van der Waals surface area contributed by atoms with E-state index in [0.717, 1.165) is 17.7 Å². The minimum absolute atomic E-state index is 0.128. The van der Waals surface area contributed by atoms with Gasteiger partial charge in [0.15, 0.2) is 5.13 Å². The molecule has 5 nitrogen and oxygen atoms in total. The Labute approximate surface area is 138 Å². The number of nitrogens with zero attached hydrogens (tertiary/aromatic N) is 1. The van der Waals surface area contributed by atoms with E-state index in [1.54, 1.807) is 0 Å². The highest BCUT2D eigenvalue weighted by Gasteiger charge is 2.28. The lowest BCUT2D eigenvalue weighted by atomic mass is 10.1. The molecule has 1 aliphatic carbocycles. The van der Waals surface area contributed by atoms with Gasteiger partial charge in [0.25, 0.3) is 0 Å². The Morgan fingerprint density at radius 1 is 1.35 bits per heavy atom. The van der Waals surface area contributed by atoms with Crippen LogP contribution in [0.2, 0.25) is 0 Å². The number of rotatable bonds is 3. The zero-order valence-electron chi connectivity index (χ0n) is 12.7. The second-order valence-corrected chi connectivity index (χ2v) is 7.07. The van der Waals surface area contributed by atoms with E-state index in [2.05, 4.69) is 33.8 Å². The maximum Gasteiger partial charge on any atom is 0.243 e. The average Bonchev–Trinajstić information content (AvgIpc) is 3.26. The van der Waals surface area contributed by atoms with Crippen molar-refractivity contribution in [3.8, 4) is 11.3 Å². The molecule has 2 aromatic rings. The van der Waals surface area contributed by atoms with Crippen LogP contribution < -0.4 is 10.6 Å². The fourth-order valence-electron chi connectivity index (χ4n) is 3.30. The number of thiazole rings is 1. The Kier molecular flexibility index (Phi) is 3.88. The highest BCUT2D eigenvalue weighted by atomic mass is 32.1. The summed E-state index contributed by atoms with van der Waals surface area (Å²) in [4.78, 5) is 16.7. The van der Waals surface area contributed by atoms with Crippen molar-refractivity contribution in [2.45, 2.75) is 37.8 Å². The number of amides is 1. The molecule has 2 aliphatic rings. The molecule has 1 amide bonds. The van der Waals surface area contributed by atoms with Gasteiger partial charge in [0.2, 0.25) is 5.91 Å². The van der Waals surface area contributed by atoms with Crippen molar-refractivity contribution in [2.75, 3.05) is 11.9 Å². The number of carbonyl (C=O) groups excluding carboxylic acids is 1. The molecule has 2 atom stereocenters. The van der Waals surface area contributed by atoms with Gasteiger partial charge in [0.05, 0.1) is 17.8 Å². The fraction of sp³-hybridized carbons (Fsp3) is 0.412. The first-order chi connectivity index (χ1) is 11.2. The average molecular weight is 329 g/mol. The summed E-state index contributed by atoms with van der Waals surface area (Å²) < 4.78 is 0. The molecule has 4 rings (SSSR count). The monoisotopic (exact) mass is 329 g/mol. The number of hydrogen-bond donors (Lipinski definition) is 3. The lowest BCUT2D eigenvalue weighted by Gasteiger charge is -2.08. The van der Waals surface area contributed by atoms with E-state index in [9.17, 15) is 9.90 Å². The van der Waals surface area contributed by atoms with Crippen LogP contribution >= 0.6 is 11.3 Å². The Morgan fingerprint density at radius 3 is 3.04 bits per heavy atom. The number of aromatic nitrogens is 1. The Morgan fingerprint density at radius 2 is 2.22 bits per heavy atom. The number of aliphatic hydroxyl groups excluding tert-OH is 1. The molecule has 23 heavy (non-hydrogen) atoms. The highest BCUT2D eigenvalue weighted by Crippen LogP contribution is 2.30. The molecule has 0 unspecified atom stereocenters. The molecule has 1 aromatic carbocycles. The van der Waals surface area contributed by atoms with Crippen molar-refractivity contribution in [2.24, 2.45) is 0 Å². The predicted molar refractivity (Wildman–Crippen MR) is 90.6 cm³/mol. The second-order valence-electron chi connectivity index (χ2n) is 6.21. The zero-order chi connectivity index (χ0) is 15.8. The molecule has 120 valence electrons. The number of aryl methyl sites for hydroxylation is 2. The topological polar surface area (TPSA) is 74.2 Å². The van der Waals surface area contributed by atoms with Crippen LogP contribution in [0.15, 0.2) is 23.6 Å². The number of hydrogen-bond acceptors (Lipinski definition) is 5. The maximum atomic E-state index is 12.1. The molecule has 0 radical (unpaired) electrons. The van der Waals surface area contributed by atoms with E-state index in [4.69, 9.17) is 0 Å². The number of nitrogens with one attached hydrogen (secondary N) is 2. The van der Waals surface area contributed by atoms with Crippen LogP contribution in [-0.2, 0) is 17.6 Å². The summed E-state index contributed by atoms with van der Waals surface area (Å²) in [5.74, 6) is -0.128. The fourth-order valence-corrected chi connectivity index (χ4v) is 4.03. The largest absolute Gasteiger partial charge is 0.392 e. The maximum absolute atomic E-state index is 12.1. The molecule has 2 heterocycles. The van der Waals surface area contributed by atoms with E-state index in [-0.39, 0.29) is 11.9 Å². The summed E-state index contributed by atoms with van der Waals surface area (Å²) in [7, 11) is 0. The van der Waals surface area contributed by atoms with Gasteiger partial charge in [0, 0.05) is 17.5 Å². The lowest BCUT2D eigenvalue weighted by Crippen LogP contribution is -2.35. The Hall–Kier alpha value is -1.76. The third-order valence-electron chi connectivity index (χ3n) is 4.55. The van der Waals surface area contributed by atoms with Crippen LogP contribution in [0, 0.1) is 0 Å². The molecule has 1 fully saturated rings. The van der Waals surface area contributed by atoms with Crippen LogP contribution in [0.25, 0.3) is 11.3 Å². The van der Waals surface area contributed by atoms with Gasteiger partial charge >= 0.3 is 0 Å². The standard InChI is InChI=1S/C17H19N3O2S/c21-13-7-14(18-8-13)16(22)20-17-19-15(9-23-17)12-5-4-10-2-1-3-11(10)6-12/h4-6,9,13-14,18,21H,1-3,7-8H2,(H,19,20,22)/t13-,14-/m0/s1. The van der Waals surface area contributed by atoms with Crippen LogP contribution in [0.5, 0.6) is 0 Å². The number of aliphatic hydroxyl groups is 1. The van der Waals surface area contributed by atoms with Gasteiger partial charge in [-0.15, -0.1) is 11.3 Å². The summed E-state index contributed by atoms with van der Waals surface area (Å²) in [6, 6.07) is 6.19. The summed E-state index contributed by atoms with van der Waals surface area (Å²) in [5.41, 5.74) is 4.88. The molecule has 6 heteroatoms. The van der Waals surface area contributed by atoms with Crippen molar-refractivity contribution in [3.63, 3.8) is 0 Å². The number of benzene rings is 1. The van der Waals surface area contributed by atoms with Gasteiger partial charge in [-0.25, -0.2) is 4.98 Å². The quantitative estimate of drug-likeness (QED) is 0.805. The Bertz CT molecular complexity index is 743. The summed E-state index contributed by atoms with van der Waals surface area (Å²) in [5, 5.41) is 17.9. The molecule has 0 bridgehead atoms. The van der Waals surface area contributed by atoms with Crippen molar-refractivity contribution in [1.82, 2.24) is 10.3 Å². The first-order valence-electron chi connectivity index (χ1n) is 7.99. The van der Waals surface area contributed by atoms with Crippen molar-refractivity contribution < 1.29 is 9.90 Å². The molecule has 3 N–H and O–H groups in total. The molecule has 1 aromatic heterocycles. The molecule has 0 spiro atoms. The first-order valence-corrected chi connectivity index (χ1v) is 8.87. The van der Waals surface area contributed by atoms with Crippen LogP contribution in [0.1, 0.15) is 24.0 Å². The van der Waals surface area contributed by atoms with Crippen LogP contribution in [-0.4, -0.2) is 34.7 Å². The third kappa shape index (κ3) is 3.02. The summed E-state index contributed by atoms with van der Waals surface area (Å²) in [6.07, 6.45) is 3.57. The number of carbonyl (C=O) groups is 1. The van der Waals surface area contributed by atoms with Gasteiger partial charge in [-0.05, 0) is 42.9 Å². The van der Waals surface area contributed by atoms with E-state index < -0.39 is 6.10 Å². The SMILES string of the molecule is O=C(Nc1nc(-c2ccc3c(c2)CCC3)cs1)[C@@H]1C[C@H](O)CN1. The van der Waals surface area contributed by atoms with E-state index >= 15 is 0 Å². The number of β-amino-alcohol motifs (C(OH)–C–C–N with tert-alkyl or cyclic N) is 1. The smallest absolute Gasteiger partial charge is 0.243 e. The molecular formula is C17H19N3O2S. The number of fused-ring (bicyclic) bond motifs is 1. The normalized spacial score (nSPS) is 23.0. The third-order valence-corrected chi connectivity index (χ3v) is 5.31. The molecule has 1 saturated heterocycles. The van der Waals surface area contributed by atoms with Gasteiger partial charge in [-0.2, -0.15) is 0 Å². The van der Waals surface area contributed by atoms with Crippen LogP contribution in [0.4, 0.5) is 5.13 Å². The minimum atomic E-state index is -0.441. The first kappa shape index (κ1) is 14.8. The van der Waals surface area contributed by atoms with E-state index in [1.807, 2.05) is 5.38 Å². The Balaban J connectivity index is 1.47. The lowest BCUT2D eigenvalue weighted by molar-refractivity contribution is -0.117.